The van der Waals surface area contributed by atoms with E-state index in [0.29, 0.717) is 6.54 Å². The first kappa shape index (κ1) is 16.4. The first-order valence-electron chi connectivity index (χ1n) is 8.33. The predicted molar refractivity (Wildman–Crippen MR) is 91.4 cm³/mol. The Bertz CT molecular complexity index is 713. The van der Waals surface area contributed by atoms with Crippen molar-refractivity contribution in [1.29, 1.82) is 0 Å². The highest BCUT2D eigenvalue weighted by Gasteiger charge is 2.32. The van der Waals surface area contributed by atoms with E-state index in [2.05, 4.69) is 15.6 Å². The van der Waals surface area contributed by atoms with E-state index >= 15 is 0 Å². The molecule has 126 valence electrons. The maximum Gasteiger partial charge on any atom is 0.315 e. The minimum atomic E-state index is -0.159. The van der Waals surface area contributed by atoms with Crippen molar-refractivity contribution in [3.8, 4) is 0 Å². The summed E-state index contributed by atoms with van der Waals surface area (Å²) in [5.41, 5.74) is 2.88. The fourth-order valence-electron chi connectivity index (χ4n) is 3.12. The third-order valence-electron chi connectivity index (χ3n) is 4.61. The lowest BCUT2D eigenvalue weighted by molar-refractivity contribution is 0.222. The quantitative estimate of drug-likeness (QED) is 0.885. The van der Waals surface area contributed by atoms with Gasteiger partial charge in [-0.05, 0) is 55.4 Å². The number of carbonyl (C=O) groups is 1. The zero-order valence-corrected chi connectivity index (χ0v) is 13.8. The lowest BCUT2D eigenvalue weighted by Crippen LogP contribution is -2.48. The van der Waals surface area contributed by atoms with Crippen LogP contribution in [0.2, 0.25) is 0 Å². The monoisotopic (exact) mass is 327 g/mol. The standard InChI is InChI=1S/C19H22FN3O/c1-13-14(5-4-9-21-13)8-10-22-19(24)23-16-11-15(12-16)17-6-2-3-7-18(17)20/h2-7,9,15-16H,8,10-12H2,1H3,(H2,22,23,24). The van der Waals surface area contributed by atoms with Crippen molar-refractivity contribution >= 4 is 6.03 Å². The largest absolute Gasteiger partial charge is 0.338 e. The van der Waals surface area contributed by atoms with Crippen LogP contribution in [0.3, 0.4) is 0 Å². The van der Waals surface area contributed by atoms with E-state index in [1.54, 1.807) is 12.3 Å². The maximum atomic E-state index is 13.7. The zero-order chi connectivity index (χ0) is 16.9. The summed E-state index contributed by atoms with van der Waals surface area (Å²) in [5, 5.41) is 5.82. The molecule has 1 heterocycles. The second kappa shape index (κ2) is 7.43. The molecule has 1 fully saturated rings. The van der Waals surface area contributed by atoms with Gasteiger partial charge in [0.15, 0.2) is 0 Å². The van der Waals surface area contributed by atoms with Gasteiger partial charge in [0.1, 0.15) is 5.82 Å². The molecule has 3 rings (SSSR count). The Hall–Kier alpha value is -2.43. The molecule has 0 atom stereocenters. The molecule has 2 amide bonds. The minimum absolute atomic E-state index is 0.120. The Balaban J connectivity index is 1.38. The van der Waals surface area contributed by atoms with Crippen molar-refractivity contribution in [1.82, 2.24) is 15.6 Å². The Kier molecular flexibility index (Phi) is 5.08. The molecule has 0 radical (unpaired) electrons. The molecular formula is C19H22FN3O. The second-order valence-electron chi connectivity index (χ2n) is 6.28. The summed E-state index contributed by atoms with van der Waals surface area (Å²) < 4.78 is 13.7. The van der Waals surface area contributed by atoms with Crippen LogP contribution in [0.1, 0.15) is 35.6 Å². The van der Waals surface area contributed by atoms with E-state index < -0.39 is 0 Å². The van der Waals surface area contributed by atoms with E-state index in [1.807, 2.05) is 31.2 Å². The third kappa shape index (κ3) is 3.91. The summed E-state index contributed by atoms with van der Waals surface area (Å²) in [6, 6.07) is 10.8. The van der Waals surface area contributed by atoms with Gasteiger partial charge in [-0.15, -0.1) is 0 Å². The van der Waals surface area contributed by atoms with Crippen LogP contribution in [0.15, 0.2) is 42.6 Å². The van der Waals surface area contributed by atoms with E-state index in [9.17, 15) is 9.18 Å². The number of aryl methyl sites for hydroxylation is 1. The molecule has 0 unspecified atom stereocenters. The average Bonchev–Trinajstić information content (AvgIpc) is 2.53. The first-order valence-corrected chi connectivity index (χ1v) is 8.33. The van der Waals surface area contributed by atoms with Crippen LogP contribution in [0.4, 0.5) is 9.18 Å². The van der Waals surface area contributed by atoms with Crippen molar-refractivity contribution in [2.75, 3.05) is 6.54 Å². The minimum Gasteiger partial charge on any atom is -0.338 e. The number of nitrogens with one attached hydrogen (secondary N) is 2. The molecule has 1 aliphatic rings. The normalized spacial score (nSPS) is 19.4. The summed E-state index contributed by atoms with van der Waals surface area (Å²) in [5.74, 6) is 0.0479. The van der Waals surface area contributed by atoms with Gasteiger partial charge in [-0.1, -0.05) is 24.3 Å². The number of nitrogens with zero attached hydrogens (tertiary/aromatic N) is 1. The zero-order valence-electron chi connectivity index (χ0n) is 13.8. The van der Waals surface area contributed by atoms with Crippen molar-refractivity contribution in [3.63, 3.8) is 0 Å². The molecule has 0 saturated heterocycles. The van der Waals surface area contributed by atoms with E-state index in [1.165, 1.54) is 6.07 Å². The Morgan fingerprint density at radius 1 is 1.25 bits per heavy atom. The van der Waals surface area contributed by atoms with Gasteiger partial charge >= 0.3 is 6.03 Å². The fourth-order valence-corrected chi connectivity index (χ4v) is 3.12. The second-order valence-corrected chi connectivity index (χ2v) is 6.28. The number of rotatable bonds is 5. The molecule has 1 aromatic carbocycles. The van der Waals surface area contributed by atoms with Gasteiger partial charge < -0.3 is 10.6 Å². The Labute approximate surface area is 141 Å². The van der Waals surface area contributed by atoms with Gasteiger partial charge in [0.2, 0.25) is 0 Å². The molecule has 1 saturated carbocycles. The topological polar surface area (TPSA) is 54.0 Å². The van der Waals surface area contributed by atoms with Crippen LogP contribution < -0.4 is 10.6 Å². The summed E-state index contributed by atoms with van der Waals surface area (Å²) in [7, 11) is 0. The SMILES string of the molecule is Cc1ncccc1CCNC(=O)NC1CC(c2ccccc2F)C1. The summed E-state index contributed by atoms with van der Waals surface area (Å²) >= 11 is 0. The van der Waals surface area contributed by atoms with E-state index in [0.717, 1.165) is 36.1 Å². The number of halogens is 1. The van der Waals surface area contributed by atoms with Gasteiger partial charge in [0.25, 0.3) is 0 Å². The van der Waals surface area contributed by atoms with Gasteiger partial charge in [-0.3, -0.25) is 4.98 Å². The average molecular weight is 327 g/mol. The molecule has 2 N–H and O–H groups in total. The molecule has 0 aliphatic heterocycles. The number of amides is 2. The summed E-state index contributed by atoms with van der Waals surface area (Å²) in [6.07, 6.45) is 4.10. The van der Waals surface area contributed by atoms with Crippen molar-refractivity contribution in [2.24, 2.45) is 0 Å². The van der Waals surface area contributed by atoms with Crippen LogP contribution >= 0.6 is 0 Å². The lowest BCUT2D eigenvalue weighted by Gasteiger charge is -2.36. The number of aromatic nitrogens is 1. The van der Waals surface area contributed by atoms with Crippen molar-refractivity contribution in [3.05, 3.63) is 65.2 Å². The third-order valence-corrected chi connectivity index (χ3v) is 4.61. The van der Waals surface area contributed by atoms with Crippen LogP contribution in [-0.2, 0) is 6.42 Å². The lowest BCUT2D eigenvalue weighted by atomic mass is 9.76. The van der Waals surface area contributed by atoms with E-state index in [-0.39, 0.29) is 23.8 Å². The van der Waals surface area contributed by atoms with Gasteiger partial charge in [-0.2, -0.15) is 0 Å². The molecule has 0 spiro atoms. The smallest absolute Gasteiger partial charge is 0.315 e. The Morgan fingerprint density at radius 2 is 2.04 bits per heavy atom. The molecule has 1 aromatic heterocycles. The van der Waals surface area contributed by atoms with Gasteiger partial charge in [0, 0.05) is 24.5 Å². The van der Waals surface area contributed by atoms with Crippen LogP contribution in [0, 0.1) is 12.7 Å². The van der Waals surface area contributed by atoms with Gasteiger partial charge in [0.05, 0.1) is 0 Å². The molecule has 24 heavy (non-hydrogen) atoms. The highest BCUT2D eigenvalue weighted by atomic mass is 19.1. The summed E-state index contributed by atoms with van der Waals surface area (Å²) in [4.78, 5) is 16.2. The predicted octanol–water partition coefficient (Wildman–Crippen LogP) is 3.32. The molecule has 5 heteroatoms. The molecular weight excluding hydrogens is 305 g/mol. The van der Waals surface area contributed by atoms with Crippen molar-refractivity contribution in [2.45, 2.75) is 38.1 Å². The number of carbonyl (C=O) groups excluding carboxylic acids is 1. The Morgan fingerprint density at radius 3 is 2.79 bits per heavy atom. The van der Waals surface area contributed by atoms with Gasteiger partial charge in [-0.25, -0.2) is 9.18 Å². The molecule has 0 bridgehead atoms. The van der Waals surface area contributed by atoms with Crippen LogP contribution in [-0.4, -0.2) is 23.6 Å². The highest BCUT2D eigenvalue weighted by molar-refractivity contribution is 5.74. The van der Waals surface area contributed by atoms with Crippen molar-refractivity contribution < 1.29 is 9.18 Å². The van der Waals surface area contributed by atoms with E-state index in [4.69, 9.17) is 0 Å². The maximum absolute atomic E-state index is 13.7. The fraction of sp³-hybridized carbons (Fsp3) is 0.368. The number of hydrogen-bond acceptors (Lipinski definition) is 2. The number of benzene rings is 1. The highest BCUT2D eigenvalue weighted by Crippen LogP contribution is 2.37. The first-order chi connectivity index (χ1) is 11.6. The van der Waals surface area contributed by atoms with Crippen LogP contribution in [0.5, 0.6) is 0 Å². The number of hydrogen-bond donors (Lipinski definition) is 2. The van der Waals surface area contributed by atoms with Crippen LogP contribution in [0.25, 0.3) is 0 Å². The number of pyridine rings is 1. The number of urea groups is 1. The molecule has 2 aromatic rings. The molecule has 4 nitrogen and oxygen atoms in total. The summed E-state index contributed by atoms with van der Waals surface area (Å²) in [6.45, 7) is 2.54. The molecule has 1 aliphatic carbocycles.